The van der Waals surface area contributed by atoms with Gasteiger partial charge in [0.1, 0.15) is 6.04 Å². The van der Waals surface area contributed by atoms with Crippen molar-refractivity contribution in [1.82, 2.24) is 10.2 Å². The Morgan fingerprint density at radius 3 is 2.69 bits per heavy atom. The number of carbonyl (C=O) groups is 3. The SMILES string of the molecule is CCOCCCNC(=O)c1ccc(CN2C(=O)[C@H]3CCCN3C(=O)c3ccccc32)cc1. The van der Waals surface area contributed by atoms with Crippen molar-refractivity contribution in [3.05, 3.63) is 65.2 Å². The van der Waals surface area contributed by atoms with Crippen LogP contribution in [0.5, 0.6) is 0 Å². The first-order chi connectivity index (χ1) is 15.6. The lowest BCUT2D eigenvalue weighted by molar-refractivity contribution is -0.122. The van der Waals surface area contributed by atoms with Gasteiger partial charge in [-0.05, 0) is 56.0 Å². The molecule has 7 heteroatoms. The molecule has 1 N–H and O–H groups in total. The minimum absolute atomic E-state index is 0.0445. The van der Waals surface area contributed by atoms with E-state index in [1.807, 2.05) is 37.3 Å². The number of amides is 3. The van der Waals surface area contributed by atoms with Gasteiger partial charge in [0.15, 0.2) is 0 Å². The molecule has 0 unspecified atom stereocenters. The Kier molecular flexibility index (Phi) is 6.85. The summed E-state index contributed by atoms with van der Waals surface area (Å²) in [5, 5.41) is 2.89. The highest BCUT2D eigenvalue weighted by molar-refractivity contribution is 6.11. The Labute approximate surface area is 188 Å². The van der Waals surface area contributed by atoms with Gasteiger partial charge in [0.2, 0.25) is 5.91 Å². The van der Waals surface area contributed by atoms with Crippen LogP contribution in [0.3, 0.4) is 0 Å². The smallest absolute Gasteiger partial charge is 0.256 e. The zero-order valence-corrected chi connectivity index (χ0v) is 18.4. The molecule has 7 nitrogen and oxygen atoms in total. The van der Waals surface area contributed by atoms with E-state index in [0.717, 1.165) is 18.4 Å². The average molecular weight is 436 g/mol. The maximum absolute atomic E-state index is 13.4. The van der Waals surface area contributed by atoms with Crippen molar-refractivity contribution in [2.75, 3.05) is 31.2 Å². The van der Waals surface area contributed by atoms with Gasteiger partial charge in [-0.1, -0.05) is 24.3 Å². The fourth-order valence-electron chi connectivity index (χ4n) is 4.34. The lowest BCUT2D eigenvalue weighted by atomic mass is 10.1. The Balaban J connectivity index is 1.48. The van der Waals surface area contributed by atoms with Crippen LogP contribution in [0.1, 0.15) is 52.5 Å². The monoisotopic (exact) mass is 435 g/mol. The van der Waals surface area contributed by atoms with Gasteiger partial charge in [0.25, 0.3) is 11.8 Å². The van der Waals surface area contributed by atoms with Crippen LogP contribution >= 0.6 is 0 Å². The normalized spacial score (nSPS) is 17.7. The molecule has 0 radical (unpaired) electrons. The summed E-state index contributed by atoms with van der Waals surface area (Å²) in [5.41, 5.74) is 2.69. The summed E-state index contributed by atoms with van der Waals surface area (Å²) in [7, 11) is 0. The first-order valence-corrected chi connectivity index (χ1v) is 11.3. The predicted octanol–water partition coefficient (Wildman–Crippen LogP) is 2.99. The molecule has 2 aromatic carbocycles. The zero-order valence-electron chi connectivity index (χ0n) is 18.4. The van der Waals surface area contributed by atoms with Gasteiger partial charge >= 0.3 is 0 Å². The van der Waals surface area contributed by atoms with E-state index < -0.39 is 6.04 Å². The van der Waals surface area contributed by atoms with Crippen LogP contribution in [0.4, 0.5) is 5.69 Å². The molecule has 0 aliphatic carbocycles. The summed E-state index contributed by atoms with van der Waals surface area (Å²) < 4.78 is 5.28. The predicted molar refractivity (Wildman–Crippen MR) is 122 cm³/mol. The Bertz CT molecular complexity index is 989. The maximum Gasteiger partial charge on any atom is 0.256 e. The van der Waals surface area contributed by atoms with Crippen molar-refractivity contribution in [2.24, 2.45) is 0 Å². The van der Waals surface area contributed by atoms with Crippen LogP contribution in [0.2, 0.25) is 0 Å². The number of benzene rings is 2. The summed E-state index contributed by atoms with van der Waals surface area (Å²) in [6, 6.07) is 14.2. The second-order valence-electron chi connectivity index (χ2n) is 8.10. The lowest BCUT2D eigenvalue weighted by Gasteiger charge is -2.26. The number of nitrogens with zero attached hydrogens (tertiary/aromatic N) is 2. The van der Waals surface area contributed by atoms with Crippen LogP contribution < -0.4 is 10.2 Å². The van der Waals surface area contributed by atoms with Crippen molar-refractivity contribution >= 4 is 23.4 Å². The number of rotatable bonds is 8. The number of anilines is 1. The molecule has 1 atom stereocenters. The van der Waals surface area contributed by atoms with Crippen LogP contribution in [0.25, 0.3) is 0 Å². The van der Waals surface area contributed by atoms with Crippen molar-refractivity contribution in [3.8, 4) is 0 Å². The van der Waals surface area contributed by atoms with Crippen LogP contribution in [0, 0.1) is 0 Å². The van der Waals surface area contributed by atoms with Gasteiger partial charge in [-0.3, -0.25) is 14.4 Å². The van der Waals surface area contributed by atoms with E-state index >= 15 is 0 Å². The standard InChI is InChI=1S/C25H29N3O4/c1-2-32-16-6-14-26-23(29)19-12-10-18(11-13-19)17-28-21-8-4-3-7-20(21)24(30)27-15-5-9-22(27)25(28)31/h3-4,7-8,10-13,22H,2,5-6,9,14-17H2,1H3,(H,26,29)/t22-/m1/s1. The molecule has 0 saturated carbocycles. The molecule has 32 heavy (non-hydrogen) atoms. The number of nitrogens with one attached hydrogen (secondary N) is 1. The molecule has 3 amide bonds. The first-order valence-electron chi connectivity index (χ1n) is 11.3. The van der Waals surface area contributed by atoms with Gasteiger partial charge in [-0.25, -0.2) is 0 Å². The fourth-order valence-corrected chi connectivity index (χ4v) is 4.34. The first kappa shape index (κ1) is 22.0. The highest BCUT2D eigenvalue weighted by atomic mass is 16.5. The third-order valence-electron chi connectivity index (χ3n) is 6.00. The van der Waals surface area contributed by atoms with Gasteiger partial charge in [0.05, 0.1) is 17.8 Å². The van der Waals surface area contributed by atoms with Crippen molar-refractivity contribution < 1.29 is 19.1 Å². The molecule has 0 aromatic heterocycles. The highest BCUT2D eigenvalue weighted by Gasteiger charge is 2.41. The molecule has 2 aromatic rings. The van der Waals surface area contributed by atoms with E-state index in [1.165, 1.54) is 0 Å². The second-order valence-corrected chi connectivity index (χ2v) is 8.10. The van der Waals surface area contributed by atoms with Gasteiger partial charge in [-0.15, -0.1) is 0 Å². The van der Waals surface area contributed by atoms with Gasteiger partial charge < -0.3 is 19.9 Å². The molecular formula is C25H29N3O4. The van der Waals surface area contributed by atoms with Crippen LogP contribution in [-0.4, -0.2) is 55.0 Å². The minimum atomic E-state index is -0.406. The van der Waals surface area contributed by atoms with Crippen LogP contribution in [-0.2, 0) is 16.1 Å². The van der Waals surface area contributed by atoms with E-state index in [9.17, 15) is 14.4 Å². The van der Waals surface area contributed by atoms with E-state index in [0.29, 0.717) is 56.1 Å². The number of para-hydroxylation sites is 1. The topological polar surface area (TPSA) is 79.0 Å². The number of hydrogen-bond donors (Lipinski definition) is 1. The van der Waals surface area contributed by atoms with E-state index in [1.54, 1.807) is 28.0 Å². The van der Waals surface area contributed by atoms with Gasteiger partial charge in [-0.2, -0.15) is 0 Å². The highest BCUT2D eigenvalue weighted by Crippen LogP contribution is 2.33. The lowest BCUT2D eigenvalue weighted by Crippen LogP contribution is -2.44. The molecule has 2 heterocycles. The minimum Gasteiger partial charge on any atom is -0.382 e. The summed E-state index contributed by atoms with van der Waals surface area (Å²) in [4.78, 5) is 42.2. The number of fused-ring (bicyclic) bond motifs is 2. The van der Waals surface area contributed by atoms with E-state index in [-0.39, 0.29) is 17.7 Å². The fraction of sp³-hybridized carbons (Fsp3) is 0.400. The van der Waals surface area contributed by atoms with Gasteiger partial charge in [0, 0.05) is 31.9 Å². The van der Waals surface area contributed by atoms with Crippen molar-refractivity contribution in [3.63, 3.8) is 0 Å². The molecule has 1 saturated heterocycles. The Morgan fingerprint density at radius 1 is 1.12 bits per heavy atom. The zero-order chi connectivity index (χ0) is 22.5. The molecule has 168 valence electrons. The molecule has 0 spiro atoms. The molecule has 0 bridgehead atoms. The second kappa shape index (κ2) is 9.96. The van der Waals surface area contributed by atoms with Crippen molar-refractivity contribution in [2.45, 2.75) is 38.8 Å². The number of hydrogen-bond acceptors (Lipinski definition) is 4. The summed E-state index contributed by atoms with van der Waals surface area (Å²) in [5.74, 6) is -0.247. The Morgan fingerprint density at radius 2 is 1.91 bits per heavy atom. The molecule has 2 aliphatic heterocycles. The number of ether oxygens (including phenoxy) is 1. The summed E-state index contributed by atoms with van der Waals surface area (Å²) in [6.45, 7) is 4.77. The maximum atomic E-state index is 13.4. The van der Waals surface area contributed by atoms with Crippen molar-refractivity contribution in [1.29, 1.82) is 0 Å². The third-order valence-corrected chi connectivity index (χ3v) is 6.00. The molecule has 1 fully saturated rings. The van der Waals surface area contributed by atoms with Crippen LogP contribution in [0.15, 0.2) is 48.5 Å². The molecule has 4 rings (SSSR count). The molecular weight excluding hydrogens is 406 g/mol. The summed E-state index contributed by atoms with van der Waals surface area (Å²) >= 11 is 0. The quantitative estimate of drug-likeness (QED) is 0.647. The largest absolute Gasteiger partial charge is 0.382 e. The summed E-state index contributed by atoms with van der Waals surface area (Å²) in [6.07, 6.45) is 2.30. The number of carbonyl (C=O) groups excluding carboxylic acids is 3. The average Bonchev–Trinajstić information content (AvgIpc) is 3.29. The Hall–Kier alpha value is -3.19. The van der Waals surface area contributed by atoms with E-state index in [2.05, 4.69) is 5.32 Å². The van der Waals surface area contributed by atoms with E-state index in [4.69, 9.17) is 4.74 Å². The third kappa shape index (κ3) is 4.53. The molecule has 2 aliphatic rings.